The maximum absolute atomic E-state index is 2.59. The van der Waals surface area contributed by atoms with E-state index in [2.05, 4.69) is 156 Å². The summed E-state index contributed by atoms with van der Waals surface area (Å²) in [5, 5.41) is 7.50. The fourth-order valence-corrected chi connectivity index (χ4v) is 13.4. The minimum Gasteiger partial charge on any atom is -0.0622 e. The summed E-state index contributed by atoms with van der Waals surface area (Å²) in [5.41, 5.74) is 7.68. The molecule has 0 saturated heterocycles. The second kappa shape index (κ2) is 13.3. The fourth-order valence-electron chi connectivity index (χ4n) is 7.53. The minimum atomic E-state index is -0.636. The highest BCUT2D eigenvalue weighted by atomic mass is 31.1. The molecule has 0 spiro atoms. The van der Waals surface area contributed by atoms with E-state index in [-0.39, 0.29) is 0 Å². The third kappa shape index (κ3) is 6.58. The Balaban J connectivity index is 1.45. The quantitative estimate of drug-likeness (QED) is 0.156. The maximum atomic E-state index is 2.59. The molecule has 0 aliphatic heterocycles. The van der Waals surface area contributed by atoms with Gasteiger partial charge in [-0.3, -0.25) is 0 Å². The molecule has 1 aliphatic carbocycles. The van der Waals surface area contributed by atoms with Gasteiger partial charge in [0.1, 0.15) is 0 Å². The molecule has 6 rings (SSSR count). The first-order chi connectivity index (χ1) is 20.9. The summed E-state index contributed by atoms with van der Waals surface area (Å²) in [7, 11) is -1.15. The van der Waals surface area contributed by atoms with Crippen molar-refractivity contribution in [1.29, 1.82) is 0 Å². The van der Waals surface area contributed by atoms with Crippen LogP contribution in [0.25, 0.3) is 0 Å². The second-order valence-electron chi connectivity index (χ2n) is 12.6. The molecule has 5 aromatic rings. The van der Waals surface area contributed by atoms with Gasteiger partial charge in [-0.1, -0.05) is 157 Å². The van der Waals surface area contributed by atoms with Gasteiger partial charge in [-0.05, 0) is 106 Å². The van der Waals surface area contributed by atoms with Crippen molar-refractivity contribution in [3.8, 4) is 0 Å². The normalized spacial score (nSPS) is 17.5. The van der Waals surface area contributed by atoms with Gasteiger partial charge >= 0.3 is 0 Å². The van der Waals surface area contributed by atoms with Crippen LogP contribution in [0.2, 0.25) is 0 Å². The lowest BCUT2D eigenvalue weighted by atomic mass is 9.87. The Hall–Kier alpha value is -3.04. The van der Waals surface area contributed by atoms with Crippen LogP contribution >= 0.6 is 15.8 Å². The average Bonchev–Trinajstić information content (AvgIpc) is 3.48. The van der Waals surface area contributed by atoms with Crippen molar-refractivity contribution in [2.24, 2.45) is 5.92 Å². The number of benzene rings is 5. The van der Waals surface area contributed by atoms with Gasteiger partial charge in [-0.15, -0.1) is 0 Å². The Bertz CT molecular complexity index is 1540. The van der Waals surface area contributed by atoms with Gasteiger partial charge in [0.2, 0.25) is 0 Å². The molecule has 0 aromatic heterocycles. The van der Waals surface area contributed by atoms with E-state index in [0.717, 1.165) is 0 Å². The van der Waals surface area contributed by atoms with Crippen molar-refractivity contribution in [2.75, 3.05) is 0 Å². The summed E-state index contributed by atoms with van der Waals surface area (Å²) in [6.07, 6.45) is 3.90. The molecular formula is C41H44P2. The van der Waals surface area contributed by atoms with Gasteiger partial charge in [0.15, 0.2) is 0 Å². The van der Waals surface area contributed by atoms with Crippen LogP contribution in [-0.2, 0) is 0 Å². The average molecular weight is 599 g/mol. The number of rotatable bonds is 8. The Morgan fingerprint density at radius 1 is 0.535 bits per heavy atom. The lowest BCUT2D eigenvalue weighted by molar-refractivity contribution is 0.480. The topological polar surface area (TPSA) is 0 Å². The van der Waals surface area contributed by atoms with Crippen LogP contribution in [0.15, 0.2) is 121 Å². The van der Waals surface area contributed by atoms with Gasteiger partial charge in [-0.25, -0.2) is 0 Å². The molecule has 2 unspecified atom stereocenters. The summed E-state index contributed by atoms with van der Waals surface area (Å²) >= 11 is 0. The van der Waals surface area contributed by atoms with E-state index >= 15 is 0 Å². The molecule has 0 nitrogen and oxygen atoms in total. The molecular weight excluding hydrogens is 554 g/mol. The highest BCUT2D eigenvalue weighted by molar-refractivity contribution is 7.80. The van der Waals surface area contributed by atoms with Gasteiger partial charge < -0.3 is 0 Å². The molecule has 0 bridgehead atoms. The first kappa shape index (κ1) is 30.0. The van der Waals surface area contributed by atoms with Gasteiger partial charge in [-0.2, -0.15) is 0 Å². The standard InChI is InChI=1S/C41H44P2/c1-29-23-30(2)26-36(25-29)42(37-27-31(3)24-32(4)28-37)33(5)38-20-14-21-39(38)40-19-12-13-22-41(40)43(34-15-8-6-9-16-34)35-17-10-7-11-18-35/h6-13,15-19,22-28,33,38-39H,14,20-21H2,1-5H3/t33-,38?,39?/m0/s1. The molecule has 1 fully saturated rings. The molecule has 0 heterocycles. The van der Waals surface area contributed by atoms with E-state index in [1.165, 1.54) is 52.1 Å². The van der Waals surface area contributed by atoms with Crippen LogP contribution in [-0.4, -0.2) is 5.66 Å². The number of hydrogen-bond donors (Lipinski definition) is 0. The predicted octanol–water partition coefficient (Wildman–Crippen LogP) is 9.08. The molecule has 1 aliphatic rings. The molecule has 2 heteroatoms. The first-order valence-corrected chi connectivity index (χ1v) is 18.6. The van der Waals surface area contributed by atoms with Crippen molar-refractivity contribution >= 4 is 42.4 Å². The van der Waals surface area contributed by atoms with E-state index in [1.54, 1.807) is 21.5 Å². The van der Waals surface area contributed by atoms with Crippen molar-refractivity contribution in [3.63, 3.8) is 0 Å². The molecule has 1 saturated carbocycles. The number of hydrogen-bond acceptors (Lipinski definition) is 0. The monoisotopic (exact) mass is 598 g/mol. The van der Waals surface area contributed by atoms with Crippen molar-refractivity contribution in [1.82, 2.24) is 0 Å². The van der Waals surface area contributed by atoms with Gasteiger partial charge in [0.05, 0.1) is 0 Å². The van der Waals surface area contributed by atoms with Crippen LogP contribution in [0, 0.1) is 33.6 Å². The van der Waals surface area contributed by atoms with Crippen LogP contribution in [0.3, 0.4) is 0 Å². The molecule has 0 amide bonds. The zero-order valence-electron chi connectivity index (χ0n) is 26.3. The third-order valence-electron chi connectivity index (χ3n) is 9.17. The third-order valence-corrected chi connectivity index (χ3v) is 14.5. The van der Waals surface area contributed by atoms with Crippen molar-refractivity contribution < 1.29 is 0 Å². The molecule has 0 radical (unpaired) electrons. The van der Waals surface area contributed by atoms with E-state index in [0.29, 0.717) is 17.5 Å². The summed E-state index contributed by atoms with van der Waals surface area (Å²) < 4.78 is 0. The van der Waals surface area contributed by atoms with Crippen LogP contribution < -0.4 is 26.5 Å². The minimum absolute atomic E-state index is 0.512. The van der Waals surface area contributed by atoms with Crippen molar-refractivity contribution in [3.05, 3.63) is 149 Å². The summed E-state index contributed by atoms with van der Waals surface area (Å²) in [6.45, 7) is 11.6. The lowest BCUT2D eigenvalue weighted by Gasteiger charge is -2.35. The molecule has 0 N–H and O–H groups in total. The van der Waals surface area contributed by atoms with E-state index in [1.807, 2.05) is 0 Å². The van der Waals surface area contributed by atoms with E-state index in [9.17, 15) is 0 Å². The molecule has 5 aromatic carbocycles. The van der Waals surface area contributed by atoms with Gasteiger partial charge in [0, 0.05) is 0 Å². The first-order valence-electron chi connectivity index (χ1n) is 15.8. The van der Waals surface area contributed by atoms with E-state index in [4.69, 9.17) is 0 Å². The number of aryl methyl sites for hydroxylation is 4. The van der Waals surface area contributed by atoms with Crippen LogP contribution in [0.4, 0.5) is 0 Å². The largest absolute Gasteiger partial charge is 0.0622 e. The van der Waals surface area contributed by atoms with E-state index < -0.39 is 15.8 Å². The zero-order chi connectivity index (χ0) is 29.9. The smallest absolute Gasteiger partial charge is 0.0116 e. The second-order valence-corrected chi connectivity index (χ2v) is 17.3. The Morgan fingerprint density at radius 3 is 1.51 bits per heavy atom. The fraction of sp³-hybridized carbons (Fsp3) is 0.268. The van der Waals surface area contributed by atoms with Crippen molar-refractivity contribution in [2.45, 2.75) is 65.5 Å². The Morgan fingerprint density at radius 2 is 1.00 bits per heavy atom. The van der Waals surface area contributed by atoms with Gasteiger partial charge in [0.25, 0.3) is 0 Å². The molecule has 3 atom stereocenters. The summed E-state index contributed by atoms with van der Waals surface area (Å²) in [5.74, 6) is 1.22. The molecule has 218 valence electrons. The SMILES string of the molecule is Cc1cc(C)cc(P(c2cc(C)cc(C)c2)[C@@H](C)C2CCCC2c2ccccc2P(c2ccccc2)c2ccccc2)c1. The maximum Gasteiger partial charge on any atom is -0.0116 e. The Labute approximate surface area is 262 Å². The predicted molar refractivity (Wildman–Crippen MR) is 193 cm³/mol. The molecule has 43 heavy (non-hydrogen) atoms. The van der Waals surface area contributed by atoms with Crippen LogP contribution in [0.1, 0.15) is 59.9 Å². The zero-order valence-corrected chi connectivity index (χ0v) is 28.1. The highest BCUT2D eigenvalue weighted by Gasteiger charge is 2.39. The highest BCUT2D eigenvalue weighted by Crippen LogP contribution is 2.53. The Kier molecular flexibility index (Phi) is 9.28. The summed E-state index contributed by atoms with van der Waals surface area (Å²) in [6, 6.07) is 46.5. The van der Waals surface area contributed by atoms with Crippen LogP contribution in [0.5, 0.6) is 0 Å². The summed E-state index contributed by atoms with van der Waals surface area (Å²) in [4.78, 5) is 0. The lowest BCUT2D eigenvalue weighted by Crippen LogP contribution is -2.30.